The van der Waals surface area contributed by atoms with Crippen LogP contribution in [0.4, 0.5) is 0 Å². The SMILES string of the molecule is COc1ccc(Cl)cc1-c1nc(S/C(=C\c2cn(Cc3cccc4ccccc34)c3ccccc23)C(=O)O)n[nH]1. The highest BCUT2D eigenvalue weighted by atomic mass is 35.5. The second-order valence-corrected chi connectivity index (χ2v) is 10.5. The molecule has 2 aromatic heterocycles. The molecule has 0 aliphatic rings. The van der Waals surface area contributed by atoms with Crippen LogP contribution in [0.15, 0.2) is 101 Å². The van der Waals surface area contributed by atoms with Crippen LogP contribution >= 0.6 is 23.4 Å². The topological polar surface area (TPSA) is 93.0 Å². The summed E-state index contributed by atoms with van der Waals surface area (Å²) >= 11 is 7.14. The summed E-state index contributed by atoms with van der Waals surface area (Å²) in [6.45, 7) is 0.650. The minimum atomic E-state index is -1.07. The smallest absolute Gasteiger partial charge is 0.342 e. The number of thioether (sulfide) groups is 1. The van der Waals surface area contributed by atoms with Gasteiger partial charge in [-0.3, -0.25) is 5.10 Å². The number of carbonyl (C=O) groups is 1. The van der Waals surface area contributed by atoms with Gasteiger partial charge in [0.25, 0.3) is 0 Å². The van der Waals surface area contributed by atoms with E-state index in [0.29, 0.717) is 28.7 Å². The number of H-pyrrole nitrogens is 1. The van der Waals surface area contributed by atoms with Crippen molar-refractivity contribution in [2.45, 2.75) is 11.7 Å². The Morgan fingerprint density at radius 1 is 1.05 bits per heavy atom. The monoisotopic (exact) mass is 566 g/mol. The van der Waals surface area contributed by atoms with Gasteiger partial charge < -0.3 is 14.4 Å². The van der Waals surface area contributed by atoms with E-state index in [1.165, 1.54) is 16.3 Å². The number of ether oxygens (including phenoxy) is 1. The van der Waals surface area contributed by atoms with E-state index in [0.717, 1.165) is 28.2 Å². The number of fused-ring (bicyclic) bond motifs is 2. The molecule has 0 amide bonds. The standard InChI is InChI=1S/C31H23ClN4O3S/c1-39-27-14-13-22(32)16-25(27)29-33-31(35-34-29)40-28(30(37)38)15-21-18-36(26-12-5-4-11-24(21)26)17-20-9-6-8-19-7-2-3-10-23(19)20/h2-16,18H,17H2,1H3,(H,37,38)(H,33,34,35)/b28-15-. The Labute approximate surface area is 239 Å². The number of hydrogen-bond donors (Lipinski definition) is 2. The zero-order valence-corrected chi connectivity index (χ0v) is 22.9. The van der Waals surface area contributed by atoms with Crippen molar-refractivity contribution in [3.8, 4) is 17.1 Å². The lowest BCUT2D eigenvalue weighted by Gasteiger charge is -2.09. The highest BCUT2D eigenvalue weighted by molar-refractivity contribution is 8.04. The normalized spacial score (nSPS) is 11.8. The lowest BCUT2D eigenvalue weighted by molar-refractivity contribution is -0.131. The first-order valence-electron chi connectivity index (χ1n) is 12.4. The molecular formula is C31H23ClN4O3S. The number of hydrogen-bond acceptors (Lipinski definition) is 5. The van der Waals surface area contributed by atoms with E-state index in [1.54, 1.807) is 31.4 Å². The van der Waals surface area contributed by atoms with Crippen molar-refractivity contribution in [3.05, 3.63) is 112 Å². The molecule has 0 atom stereocenters. The van der Waals surface area contributed by atoms with E-state index in [2.05, 4.69) is 50.1 Å². The number of rotatable bonds is 8. The van der Waals surface area contributed by atoms with Crippen molar-refractivity contribution >= 4 is 57.1 Å². The molecule has 0 radical (unpaired) electrons. The van der Waals surface area contributed by atoms with Gasteiger partial charge in [0.2, 0.25) is 5.16 Å². The molecular weight excluding hydrogens is 544 g/mol. The Kier molecular flexibility index (Phi) is 7.02. The number of aromatic amines is 1. The molecule has 6 rings (SSSR count). The fourth-order valence-electron chi connectivity index (χ4n) is 4.79. The molecule has 9 heteroatoms. The summed E-state index contributed by atoms with van der Waals surface area (Å²) in [4.78, 5) is 16.9. The number of nitrogens with one attached hydrogen (secondary N) is 1. The van der Waals surface area contributed by atoms with Gasteiger partial charge in [0, 0.05) is 34.2 Å². The van der Waals surface area contributed by atoms with E-state index < -0.39 is 5.97 Å². The number of nitrogens with zero attached hydrogens (tertiary/aromatic N) is 3. The second-order valence-electron chi connectivity index (χ2n) is 9.09. The number of aromatic nitrogens is 4. The predicted molar refractivity (Wildman–Crippen MR) is 160 cm³/mol. The Balaban J connectivity index is 1.35. The average molecular weight is 567 g/mol. The van der Waals surface area contributed by atoms with Crippen LogP contribution < -0.4 is 4.74 Å². The third kappa shape index (κ3) is 5.06. The third-order valence-electron chi connectivity index (χ3n) is 6.62. The van der Waals surface area contributed by atoms with Crippen LogP contribution in [-0.2, 0) is 11.3 Å². The van der Waals surface area contributed by atoms with Crippen LogP contribution in [-0.4, -0.2) is 37.9 Å². The molecule has 4 aromatic carbocycles. The van der Waals surface area contributed by atoms with Gasteiger partial charge in [0.15, 0.2) is 5.82 Å². The van der Waals surface area contributed by atoms with E-state index in [9.17, 15) is 9.90 Å². The zero-order valence-electron chi connectivity index (χ0n) is 21.3. The molecule has 0 bridgehead atoms. The summed E-state index contributed by atoms with van der Waals surface area (Å²) < 4.78 is 7.57. The molecule has 6 aromatic rings. The van der Waals surface area contributed by atoms with Crippen LogP contribution in [0.5, 0.6) is 5.75 Å². The molecule has 0 spiro atoms. The molecule has 0 aliphatic carbocycles. The number of carboxylic acid groups (broad SMARTS) is 1. The number of aliphatic carboxylic acids is 1. The molecule has 0 saturated heterocycles. The third-order valence-corrected chi connectivity index (χ3v) is 7.73. The maximum atomic E-state index is 12.3. The summed E-state index contributed by atoms with van der Waals surface area (Å²) in [5, 5.41) is 21.3. The summed E-state index contributed by atoms with van der Waals surface area (Å²) in [5.74, 6) is -0.0639. The zero-order chi connectivity index (χ0) is 27.6. The fourth-order valence-corrected chi connectivity index (χ4v) is 5.66. The summed E-state index contributed by atoms with van der Waals surface area (Å²) in [6, 6.07) is 27.8. The number of halogens is 1. The number of benzene rings is 4. The van der Waals surface area contributed by atoms with Crippen molar-refractivity contribution in [1.82, 2.24) is 19.7 Å². The molecule has 0 unspecified atom stereocenters. The largest absolute Gasteiger partial charge is 0.496 e. The van der Waals surface area contributed by atoms with Gasteiger partial charge in [-0.2, -0.15) is 0 Å². The van der Waals surface area contributed by atoms with Gasteiger partial charge in [-0.15, -0.1) is 5.10 Å². The van der Waals surface area contributed by atoms with Crippen molar-refractivity contribution in [3.63, 3.8) is 0 Å². The van der Waals surface area contributed by atoms with Crippen LogP contribution in [0.2, 0.25) is 5.02 Å². The first-order valence-corrected chi connectivity index (χ1v) is 13.6. The van der Waals surface area contributed by atoms with E-state index in [-0.39, 0.29) is 10.1 Å². The van der Waals surface area contributed by atoms with Gasteiger partial charge in [-0.1, -0.05) is 72.3 Å². The minimum Gasteiger partial charge on any atom is -0.496 e. The van der Waals surface area contributed by atoms with Crippen LogP contribution in [0.3, 0.4) is 0 Å². The Morgan fingerprint density at radius 2 is 1.82 bits per heavy atom. The summed E-state index contributed by atoms with van der Waals surface area (Å²) in [5.41, 5.74) is 3.64. The highest BCUT2D eigenvalue weighted by Crippen LogP contribution is 2.34. The van der Waals surface area contributed by atoms with Crippen molar-refractivity contribution in [2.75, 3.05) is 7.11 Å². The molecule has 0 aliphatic heterocycles. The Morgan fingerprint density at radius 3 is 2.65 bits per heavy atom. The molecule has 40 heavy (non-hydrogen) atoms. The fraction of sp³-hybridized carbons (Fsp3) is 0.0645. The van der Waals surface area contributed by atoms with Crippen LogP contribution in [0, 0.1) is 0 Å². The molecule has 2 heterocycles. The average Bonchev–Trinajstić information content (AvgIpc) is 3.58. The van der Waals surface area contributed by atoms with Gasteiger partial charge >= 0.3 is 5.97 Å². The second kappa shape index (κ2) is 10.9. The van der Waals surface area contributed by atoms with Crippen LogP contribution in [0.25, 0.3) is 39.1 Å². The van der Waals surface area contributed by atoms with Gasteiger partial charge in [-0.25, -0.2) is 9.78 Å². The molecule has 0 saturated carbocycles. The van der Waals surface area contributed by atoms with Crippen molar-refractivity contribution in [1.29, 1.82) is 0 Å². The Hall–Kier alpha value is -4.53. The van der Waals surface area contributed by atoms with E-state index in [4.69, 9.17) is 16.3 Å². The minimum absolute atomic E-state index is 0.0941. The van der Waals surface area contributed by atoms with E-state index in [1.807, 2.05) is 42.6 Å². The summed E-state index contributed by atoms with van der Waals surface area (Å²) in [7, 11) is 1.56. The molecule has 7 nitrogen and oxygen atoms in total. The molecule has 0 fully saturated rings. The number of methoxy groups -OCH3 is 1. The van der Waals surface area contributed by atoms with Crippen molar-refractivity contribution < 1.29 is 14.6 Å². The lowest BCUT2D eigenvalue weighted by Crippen LogP contribution is -1.99. The highest BCUT2D eigenvalue weighted by Gasteiger charge is 2.18. The maximum absolute atomic E-state index is 12.3. The lowest BCUT2D eigenvalue weighted by atomic mass is 10.0. The molecule has 198 valence electrons. The van der Waals surface area contributed by atoms with Crippen LogP contribution in [0.1, 0.15) is 11.1 Å². The van der Waals surface area contributed by atoms with Gasteiger partial charge in [0.1, 0.15) is 10.7 Å². The first-order chi connectivity index (χ1) is 19.5. The van der Waals surface area contributed by atoms with Gasteiger partial charge in [0.05, 0.1) is 12.7 Å². The van der Waals surface area contributed by atoms with E-state index >= 15 is 0 Å². The maximum Gasteiger partial charge on any atom is 0.342 e. The number of para-hydroxylation sites is 1. The quantitative estimate of drug-likeness (QED) is 0.146. The predicted octanol–water partition coefficient (Wildman–Crippen LogP) is 7.51. The molecule has 2 N–H and O–H groups in total. The number of carboxylic acids is 1. The Bertz CT molecular complexity index is 1900. The first kappa shape index (κ1) is 25.7. The summed E-state index contributed by atoms with van der Waals surface area (Å²) in [6.07, 6.45) is 3.67. The van der Waals surface area contributed by atoms with Crippen molar-refractivity contribution in [2.24, 2.45) is 0 Å². The van der Waals surface area contributed by atoms with Gasteiger partial charge in [-0.05, 0) is 58.4 Å².